The second-order valence-electron chi connectivity index (χ2n) is 33.7. The SMILES string of the molecule is Brc1ccc2nc(-c3ccc4cc(-c5ccc6ccc7cccnc7c6n5)ccc4c3)ccc2c1.CC1(C)OB(c2ccc3nc(-c4cc5ccccc5c5ccccc45)ccc3c2)OC1(C)C.c1ccc2c(c1)cc(-c1ccc3cc(-c4ccc5nc(-c6ccc7cc(-c8ccc9ccc%10cccnc%10c9n8)ccc7c6)ccc5c4)ccc3n1)c1ccccc12. The van der Waals surface area contributed by atoms with E-state index in [-0.39, 0.29) is 18.3 Å². The van der Waals surface area contributed by atoms with Gasteiger partial charge in [-0.1, -0.05) is 259 Å². The summed E-state index contributed by atoms with van der Waals surface area (Å²) in [5, 5.41) is 23.4. The monoisotopic (exact) mass is 1680 g/mol. The molecular weight excluding hydrogens is 1600 g/mol. The highest BCUT2D eigenvalue weighted by atomic mass is 79.9. The fourth-order valence-corrected chi connectivity index (χ4v) is 18.4. The minimum absolute atomic E-state index is 0.355. The van der Waals surface area contributed by atoms with Gasteiger partial charge >= 0.3 is 7.12 Å². The van der Waals surface area contributed by atoms with Crippen molar-refractivity contribution in [2.45, 2.75) is 38.9 Å². The summed E-state index contributed by atoms with van der Waals surface area (Å²) in [5.41, 5.74) is 22.7. The number of aromatic nitrogens is 8. The molecule has 1 aliphatic heterocycles. The Labute approximate surface area is 734 Å². The predicted octanol–water partition coefficient (Wildman–Crippen LogP) is 29.1. The van der Waals surface area contributed by atoms with E-state index in [2.05, 4.69) is 405 Å². The summed E-state index contributed by atoms with van der Waals surface area (Å²) in [6, 6.07) is 133. The van der Waals surface area contributed by atoms with Gasteiger partial charge in [-0.2, -0.15) is 0 Å². The first-order valence-corrected chi connectivity index (χ1v) is 43.4. The van der Waals surface area contributed by atoms with E-state index in [4.69, 9.17) is 39.2 Å². The lowest BCUT2D eigenvalue weighted by Gasteiger charge is -2.32. The van der Waals surface area contributed by atoms with Crippen molar-refractivity contribution in [2.24, 2.45) is 0 Å². The summed E-state index contributed by atoms with van der Waals surface area (Å²) in [5.74, 6) is 0. The van der Waals surface area contributed by atoms with Crippen LogP contribution in [0, 0.1) is 0 Å². The van der Waals surface area contributed by atoms with Crippen molar-refractivity contribution in [3.05, 3.63) is 393 Å². The van der Waals surface area contributed by atoms with E-state index in [9.17, 15) is 0 Å². The molecule has 1 saturated heterocycles. The third-order valence-corrected chi connectivity index (χ3v) is 25.9. The molecule has 0 unspecified atom stereocenters. The van der Waals surface area contributed by atoms with Crippen LogP contribution in [-0.4, -0.2) is 58.2 Å². The molecule has 1 aliphatic rings. The summed E-state index contributed by atoms with van der Waals surface area (Å²) in [6.07, 6.45) is 3.66. The molecule has 9 heterocycles. The Hall–Kier alpha value is -15.2. The zero-order valence-corrected chi connectivity index (χ0v) is 70.9. The van der Waals surface area contributed by atoms with Gasteiger partial charge in [0, 0.05) is 88.0 Å². The quantitative estimate of drug-likeness (QED) is 0.107. The van der Waals surface area contributed by atoms with Crippen molar-refractivity contribution in [1.82, 2.24) is 39.9 Å². The van der Waals surface area contributed by atoms with Crippen LogP contribution in [0.5, 0.6) is 0 Å². The third kappa shape index (κ3) is 13.9. The summed E-state index contributed by atoms with van der Waals surface area (Å²) in [6.45, 7) is 8.32. The van der Waals surface area contributed by atoms with Crippen molar-refractivity contribution in [2.75, 3.05) is 0 Å². The molecule has 12 heteroatoms. The van der Waals surface area contributed by atoms with Gasteiger partial charge in [-0.3, -0.25) is 9.97 Å². The number of rotatable bonds is 8. The molecule has 25 rings (SSSR count). The molecule has 0 aliphatic carbocycles. The molecule has 8 aromatic heterocycles. The van der Waals surface area contributed by atoms with Crippen LogP contribution in [0.4, 0.5) is 0 Å². The first-order chi connectivity index (χ1) is 61.7. The Morgan fingerprint density at radius 3 is 0.960 bits per heavy atom. The minimum Gasteiger partial charge on any atom is -0.399 e. The standard InChI is InChI=1S/C54H32N4.C31H18BrN3.C29H26BNO2/c1-2-8-44-39(6-1)32-47(46-10-4-3-9-45(44)46)52-26-21-43-31-38(19-24-50(43)57-52)37-18-23-48-42(30-37)20-25-49(56-48)40-15-13-36-29-41(16-14-35(36)28-40)51-22-17-34-12-11-33-7-5-27-55-53(33)54(34)58-51;32-26-11-14-28-25(18-26)10-13-27(34-28)23-7-5-22-17-24(8-6-21(22)16-23)29-12-9-20-4-3-19-2-1-15-33-30(19)31(20)35-29;1-28(2)29(3,4)33-30(32-28)21-14-16-26-20(17-21)13-15-27(31-26)25-18-19-9-5-6-10-22(19)23-11-7-8-12-24(23)25/h1-32H;1-18H;5-18H,1-4H3. The van der Waals surface area contributed by atoms with Gasteiger partial charge in [0.05, 0.1) is 89.5 Å². The third-order valence-electron chi connectivity index (χ3n) is 25.4. The fourth-order valence-electron chi connectivity index (χ4n) is 18.0. The lowest BCUT2D eigenvalue weighted by atomic mass is 9.78. The number of hydrogen-bond acceptors (Lipinski definition) is 10. The van der Waals surface area contributed by atoms with Gasteiger partial charge < -0.3 is 9.31 Å². The Morgan fingerprint density at radius 2 is 0.524 bits per heavy atom. The van der Waals surface area contributed by atoms with Gasteiger partial charge in [-0.05, 0) is 248 Å². The highest BCUT2D eigenvalue weighted by molar-refractivity contribution is 9.10. The van der Waals surface area contributed by atoms with Gasteiger partial charge in [-0.15, -0.1) is 0 Å². The molecule has 0 bridgehead atoms. The van der Waals surface area contributed by atoms with Crippen LogP contribution in [0.25, 0.3) is 231 Å². The second kappa shape index (κ2) is 30.7. The smallest absolute Gasteiger partial charge is 0.399 e. The predicted molar refractivity (Wildman–Crippen MR) is 528 cm³/mol. The maximum atomic E-state index is 6.24. The van der Waals surface area contributed by atoms with Gasteiger partial charge in [0.25, 0.3) is 0 Å². The second-order valence-corrected chi connectivity index (χ2v) is 34.6. The van der Waals surface area contributed by atoms with Gasteiger partial charge in [-0.25, -0.2) is 29.9 Å². The number of benzene rings is 16. The number of fused-ring (bicyclic) bond motifs is 18. The molecular formula is C114H76BBrN8O2. The van der Waals surface area contributed by atoms with Crippen molar-refractivity contribution >= 4 is 180 Å². The fraction of sp³-hybridized carbons (Fsp3) is 0.0526. The van der Waals surface area contributed by atoms with Crippen molar-refractivity contribution in [1.29, 1.82) is 0 Å². The molecule has 0 amide bonds. The number of hydrogen-bond donors (Lipinski definition) is 0. The minimum atomic E-state index is -0.372. The highest BCUT2D eigenvalue weighted by Gasteiger charge is 2.51. The van der Waals surface area contributed by atoms with Crippen LogP contribution >= 0.6 is 15.9 Å². The summed E-state index contributed by atoms with van der Waals surface area (Å²) in [7, 11) is -0.372. The van der Waals surface area contributed by atoms with Gasteiger partial charge in [0.1, 0.15) is 0 Å². The van der Waals surface area contributed by atoms with E-state index in [1.54, 1.807) is 0 Å². The zero-order chi connectivity index (χ0) is 84.3. The van der Waals surface area contributed by atoms with E-state index >= 15 is 0 Å². The van der Waals surface area contributed by atoms with Crippen LogP contribution in [0.2, 0.25) is 0 Å². The van der Waals surface area contributed by atoms with Crippen molar-refractivity contribution in [3.8, 4) is 78.7 Å². The molecule has 1 fully saturated rings. The van der Waals surface area contributed by atoms with Crippen molar-refractivity contribution in [3.63, 3.8) is 0 Å². The Balaban J connectivity index is 0.000000116. The Morgan fingerprint density at radius 1 is 0.222 bits per heavy atom. The van der Waals surface area contributed by atoms with Gasteiger partial charge in [0.15, 0.2) is 0 Å². The average molecular weight is 1680 g/mol. The van der Waals surface area contributed by atoms with Crippen LogP contribution in [0.15, 0.2) is 393 Å². The molecule has 126 heavy (non-hydrogen) atoms. The molecule has 594 valence electrons. The topological polar surface area (TPSA) is 122 Å². The zero-order valence-electron chi connectivity index (χ0n) is 69.3. The molecule has 10 nitrogen and oxygen atoms in total. The number of pyridine rings is 8. The highest BCUT2D eigenvalue weighted by Crippen LogP contribution is 2.42. The van der Waals surface area contributed by atoms with E-state index in [0.29, 0.717) is 0 Å². The lowest BCUT2D eigenvalue weighted by Crippen LogP contribution is -2.41. The number of nitrogens with zero attached hydrogens (tertiary/aromatic N) is 8. The van der Waals surface area contributed by atoms with Crippen LogP contribution in [0.3, 0.4) is 0 Å². The maximum absolute atomic E-state index is 6.24. The van der Waals surface area contributed by atoms with Gasteiger partial charge in [0.2, 0.25) is 0 Å². The first kappa shape index (κ1) is 75.8. The molecule has 24 aromatic rings. The normalized spacial score (nSPS) is 13.2. The summed E-state index contributed by atoms with van der Waals surface area (Å²) in [4.78, 5) is 39.5. The first-order valence-electron chi connectivity index (χ1n) is 42.6. The lowest BCUT2D eigenvalue weighted by molar-refractivity contribution is 0.00578. The molecule has 0 N–H and O–H groups in total. The average Bonchev–Trinajstić information content (AvgIpc) is 1.09. The maximum Gasteiger partial charge on any atom is 0.494 e. The Kier molecular flexibility index (Phi) is 18.5. The molecule has 0 spiro atoms. The summed E-state index contributed by atoms with van der Waals surface area (Å²) >= 11 is 3.53. The molecule has 0 saturated carbocycles. The molecule has 16 aromatic carbocycles. The van der Waals surface area contributed by atoms with E-state index < -0.39 is 0 Å². The van der Waals surface area contributed by atoms with E-state index in [0.717, 1.165) is 187 Å². The largest absolute Gasteiger partial charge is 0.494 e. The summed E-state index contributed by atoms with van der Waals surface area (Å²) < 4.78 is 13.5. The van der Waals surface area contributed by atoms with Crippen LogP contribution in [0.1, 0.15) is 27.7 Å². The van der Waals surface area contributed by atoms with Crippen LogP contribution < -0.4 is 5.46 Å². The molecule has 0 radical (unpaired) electrons. The van der Waals surface area contributed by atoms with E-state index in [1.165, 1.54) is 53.9 Å². The van der Waals surface area contributed by atoms with Crippen molar-refractivity contribution < 1.29 is 9.31 Å². The van der Waals surface area contributed by atoms with E-state index in [1.807, 2.05) is 36.7 Å². The number of halogens is 1. The molecule has 0 atom stereocenters. The van der Waals surface area contributed by atoms with Crippen LogP contribution in [-0.2, 0) is 9.31 Å². The Bertz CT molecular complexity index is 8620.